The van der Waals surface area contributed by atoms with E-state index in [0.29, 0.717) is 0 Å². The van der Waals surface area contributed by atoms with Crippen molar-refractivity contribution in [1.82, 2.24) is 5.32 Å². The van der Waals surface area contributed by atoms with Gasteiger partial charge in [0.15, 0.2) is 0 Å². The second-order valence-corrected chi connectivity index (χ2v) is 5.46. The Balaban J connectivity index is 2.60. The van der Waals surface area contributed by atoms with Crippen molar-refractivity contribution in [2.45, 2.75) is 57.9 Å². The zero-order valence-corrected chi connectivity index (χ0v) is 10.9. The van der Waals surface area contributed by atoms with Crippen LogP contribution in [0.5, 0.6) is 0 Å². The maximum Gasteiger partial charge on any atom is 0.303 e. The van der Waals surface area contributed by atoms with Crippen molar-refractivity contribution >= 4 is 11.9 Å². The Morgan fingerprint density at radius 2 is 1.83 bits per heavy atom. The molecular formula is C13H23NO4. The lowest BCUT2D eigenvalue weighted by Crippen LogP contribution is -2.40. The van der Waals surface area contributed by atoms with Crippen LogP contribution in [0, 0.1) is 5.41 Å². The van der Waals surface area contributed by atoms with Crippen LogP contribution < -0.4 is 5.32 Å². The van der Waals surface area contributed by atoms with E-state index in [0.717, 1.165) is 32.1 Å². The van der Waals surface area contributed by atoms with Crippen LogP contribution in [-0.2, 0) is 9.59 Å². The van der Waals surface area contributed by atoms with Gasteiger partial charge >= 0.3 is 5.97 Å². The number of hydrogen-bond donors (Lipinski definition) is 3. The van der Waals surface area contributed by atoms with E-state index in [1.165, 1.54) is 0 Å². The van der Waals surface area contributed by atoms with Crippen LogP contribution >= 0.6 is 0 Å². The molecule has 0 aromatic heterocycles. The number of aliphatic hydroxyl groups excluding tert-OH is 1. The molecule has 18 heavy (non-hydrogen) atoms. The highest BCUT2D eigenvalue weighted by molar-refractivity contribution is 5.78. The van der Waals surface area contributed by atoms with Crippen molar-refractivity contribution in [3.05, 3.63) is 0 Å². The van der Waals surface area contributed by atoms with Gasteiger partial charge in [0.1, 0.15) is 0 Å². The number of hydrogen-bond acceptors (Lipinski definition) is 3. The predicted molar refractivity (Wildman–Crippen MR) is 67.1 cm³/mol. The lowest BCUT2D eigenvalue weighted by atomic mass is 9.69. The van der Waals surface area contributed by atoms with Gasteiger partial charge in [-0.05, 0) is 25.2 Å². The Hall–Kier alpha value is -1.10. The third kappa shape index (κ3) is 4.64. The third-order valence-electron chi connectivity index (χ3n) is 3.66. The smallest absolute Gasteiger partial charge is 0.303 e. The second kappa shape index (κ2) is 6.73. The first kappa shape index (κ1) is 15.0. The highest BCUT2D eigenvalue weighted by Gasteiger charge is 2.36. The van der Waals surface area contributed by atoms with Crippen LogP contribution in [0.2, 0.25) is 0 Å². The minimum absolute atomic E-state index is 0.0634. The fourth-order valence-electron chi connectivity index (χ4n) is 2.75. The molecule has 1 aliphatic rings. The first-order valence-electron chi connectivity index (χ1n) is 6.59. The maximum absolute atomic E-state index is 11.9. The van der Waals surface area contributed by atoms with E-state index in [9.17, 15) is 9.59 Å². The van der Waals surface area contributed by atoms with Crippen LogP contribution in [0.4, 0.5) is 0 Å². The van der Waals surface area contributed by atoms with E-state index >= 15 is 0 Å². The van der Waals surface area contributed by atoms with E-state index in [2.05, 4.69) is 5.32 Å². The topological polar surface area (TPSA) is 86.6 Å². The number of aliphatic carboxylic acids is 1. The fraction of sp³-hybridized carbons (Fsp3) is 0.846. The minimum atomic E-state index is -0.833. The molecule has 5 heteroatoms. The van der Waals surface area contributed by atoms with Gasteiger partial charge in [-0.25, -0.2) is 0 Å². The molecule has 104 valence electrons. The Morgan fingerprint density at radius 3 is 2.33 bits per heavy atom. The van der Waals surface area contributed by atoms with Crippen molar-refractivity contribution in [2.24, 2.45) is 5.41 Å². The Labute approximate surface area is 108 Å². The van der Waals surface area contributed by atoms with Crippen LogP contribution in [0.1, 0.15) is 51.9 Å². The van der Waals surface area contributed by atoms with Crippen molar-refractivity contribution in [3.8, 4) is 0 Å². The fourth-order valence-corrected chi connectivity index (χ4v) is 2.75. The molecule has 0 aromatic rings. The summed E-state index contributed by atoms with van der Waals surface area (Å²) in [5, 5.41) is 20.6. The molecule has 0 heterocycles. The van der Waals surface area contributed by atoms with Crippen LogP contribution in [0.3, 0.4) is 0 Å². The first-order chi connectivity index (χ1) is 8.47. The van der Waals surface area contributed by atoms with Gasteiger partial charge in [0.25, 0.3) is 0 Å². The summed E-state index contributed by atoms with van der Waals surface area (Å²) in [5.74, 6) is -0.986. The van der Waals surface area contributed by atoms with E-state index in [1.54, 1.807) is 6.92 Å². The molecule has 5 nitrogen and oxygen atoms in total. The number of carboxylic acids is 1. The van der Waals surface area contributed by atoms with Crippen molar-refractivity contribution < 1.29 is 19.8 Å². The molecule has 1 aliphatic carbocycles. The van der Waals surface area contributed by atoms with Gasteiger partial charge in [-0.1, -0.05) is 19.3 Å². The molecule has 1 atom stereocenters. The molecule has 1 fully saturated rings. The molecule has 3 N–H and O–H groups in total. The Morgan fingerprint density at radius 1 is 1.22 bits per heavy atom. The predicted octanol–water partition coefficient (Wildman–Crippen LogP) is 1.30. The van der Waals surface area contributed by atoms with E-state index < -0.39 is 5.97 Å². The summed E-state index contributed by atoms with van der Waals surface area (Å²) in [7, 11) is 0. The van der Waals surface area contributed by atoms with Gasteiger partial charge in [-0.15, -0.1) is 0 Å². The largest absolute Gasteiger partial charge is 0.481 e. The molecule has 0 aromatic carbocycles. The normalized spacial score (nSPS) is 20.1. The highest BCUT2D eigenvalue weighted by atomic mass is 16.4. The van der Waals surface area contributed by atoms with Crippen LogP contribution in [0.15, 0.2) is 0 Å². The van der Waals surface area contributed by atoms with E-state index in [1.807, 2.05) is 0 Å². The van der Waals surface area contributed by atoms with Gasteiger partial charge in [0.05, 0.1) is 13.0 Å². The van der Waals surface area contributed by atoms with Gasteiger partial charge < -0.3 is 15.5 Å². The second-order valence-electron chi connectivity index (χ2n) is 5.46. The van der Waals surface area contributed by atoms with E-state index in [4.69, 9.17) is 10.2 Å². The average molecular weight is 257 g/mol. The quantitative estimate of drug-likeness (QED) is 0.669. The maximum atomic E-state index is 11.9. The average Bonchev–Trinajstić information content (AvgIpc) is 2.28. The highest BCUT2D eigenvalue weighted by Crippen LogP contribution is 2.42. The molecule has 1 saturated carbocycles. The molecule has 0 saturated heterocycles. The number of carbonyl (C=O) groups is 2. The number of aliphatic hydroxyl groups is 1. The van der Waals surface area contributed by atoms with Crippen molar-refractivity contribution in [1.29, 1.82) is 0 Å². The van der Waals surface area contributed by atoms with Crippen molar-refractivity contribution in [3.63, 3.8) is 0 Å². The van der Waals surface area contributed by atoms with Gasteiger partial charge in [0, 0.05) is 12.5 Å². The molecule has 0 unspecified atom stereocenters. The SMILES string of the molecule is C[C@H](CO)NC(=O)CC1(CC(=O)O)CCCCC1. The Bertz CT molecular complexity index is 297. The number of carboxylic acid groups (broad SMARTS) is 1. The summed E-state index contributed by atoms with van der Waals surface area (Å²) in [5.41, 5.74) is -0.386. The standard InChI is InChI=1S/C13H23NO4/c1-10(9-15)14-11(16)7-13(8-12(17)18)5-3-2-4-6-13/h10,15H,2-9H2,1H3,(H,14,16)(H,17,18)/t10-/m1/s1. The van der Waals surface area contributed by atoms with E-state index in [-0.39, 0.29) is 36.8 Å². The number of carbonyl (C=O) groups excluding carboxylic acids is 1. The van der Waals surface area contributed by atoms with Crippen LogP contribution in [-0.4, -0.2) is 34.7 Å². The van der Waals surface area contributed by atoms with Gasteiger partial charge in [-0.2, -0.15) is 0 Å². The molecule has 1 amide bonds. The zero-order valence-electron chi connectivity index (χ0n) is 10.9. The number of rotatable bonds is 6. The monoisotopic (exact) mass is 257 g/mol. The Kier molecular flexibility index (Phi) is 5.59. The summed E-state index contributed by atoms with van der Waals surface area (Å²) < 4.78 is 0. The molecule has 0 bridgehead atoms. The van der Waals surface area contributed by atoms with Gasteiger partial charge in [0.2, 0.25) is 5.91 Å². The summed E-state index contributed by atoms with van der Waals surface area (Å²) in [6.07, 6.45) is 5.04. The molecule has 0 aliphatic heterocycles. The third-order valence-corrected chi connectivity index (χ3v) is 3.66. The van der Waals surface area contributed by atoms with Gasteiger partial charge in [-0.3, -0.25) is 9.59 Å². The molecule has 1 rings (SSSR count). The summed E-state index contributed by atoms with van der Waals surface area (Å²) in [6.45, 7) is 1.63. The first-order valence-corrected chi connectivity index (χ1v) is 6.59. The summed E-state index contributed by atoms with van der Waals surface area (Å²) >= 11 is 0. The summed E-state index contributed by atoms with van der Waals surface area (Å²) in [6, 6.07) is -0.275. The number of nitrogens with one attached hydrogen (secondary N) is 1. The molecular weight excluding hydrogens is 234 g/mol. The zero-order chi connectivity index (χ0) is 13.6. The molecule has 0 spiro atoms. The lowest BCUT2D eigenvalue weighted by Gasteiger charge is -2.35. The van der Waals surface area contributed by atoms with Crippen LogP contribution in [0.25, 0.3) is 0 Å². The number of amides is 1. The minimum Gasteiger partial charge on any atom is -0.481 e. The van der Waals surface area contributed by atoms with Crippen molar-refractivity contribution in [2.75, 3.05) is 6.61 Å². The molecule has 0 radical (unpaired) electrons. The lowest BCUT2D eigenvalue weighted by molar-refractivity contribution is -0.141. The summed E-state index contributed by atoms with van der Waals surface area (Å²) in [4.78, 5) is 22.8.